The van der Waals surface area contributed by atoms with Crippen molar-refractivity contribution in [2.45, 2.75) is 4.90 Å². The second-order valence-corrected chi connectivity index (χ2v) is 6.28. The van der Waals surface area contributed by atoms with E-state index in [1.165, 1.54) is 6.07 Å². The van der Waals surface area contributed by atoms with E-state index in [-0.39, 0.29) is 9.37 Å². The Kier molecular flexibility index (Phi) is 4.19. The summed E-state index contributed by atoms with van der Waals surface area (Å²) in [7, 11) is -4.19. The molecule has 7 nitrogen and oxygen atoms in total. The minimum absolute atomic E-state index is 0.104. The summed E-state index contributed by atoms with van der Waals surface area (Å²) < 4.78 is 39.6. The predicted octanol–water partition coefficient (Wildman–Crippen LogP) is 1.88. The fourth-order valence-corrected chi connectivity index (χ4v) is 2.67. The van der Waals surface area contributed by atoms with Gasteiger partial charge < -0.3 is 5.11 Å². The van der Waals surface area contributed by atoms with Gasteiger partial charge in [-0.3, -0.25) is 4.72 Å². The van der Waals surface area contributed by atoms with Crippen LogP contribution in [0.1, 0.15) is 10.5 Å². The first kappa shape index (κ1) is 15.3. The summed E-state index contributed by atoms with van der Waals surface area (Å²) in [5.74, 6) is -2.66. The summed E-state index contributed by atoms with van der Waals surface area (Å²) in [6, 6.07) is 3.17. The molecule has 21 heavy (non-hydrogen) atoms. The molecule has 1 heterocycles. The Labute approximate surface area is 127 Å². The summed E-state index contributed by atoms with van der Waals surface area (Å²) >= 11 is 2.90. The standard InChI is InChI=1S/C11H7BrFN3O4S/c12-7-2-1-6(5-8(7)13)21(19,20)16-10-9(11(17)18)14-3-4-15-10/h1-5H,(H,15,16)(H,17,18). The molecule has 0 saturated heterocycles. The van der Waals surface area contributed by atoms with E-state index >= 15 is 0 Å². The van der Waals surface area contributed by atoms with Gasteiger partial charge in [0.2, 0.25) is 0 Å². The maximum Gasteiger partial charge on any atom is 0.358 e. The molecule has 110 valence electrons. The number of aromatic nitrogens is 2. The number of sulfonamides is 1. The zero-order valence-corrected chi connectivity index (χ0v) is 12.5. The second kappa shape index (κ2) is 5.74. The van der Waals surface area contributed by atoms with Gasteiger partial charge in [-0.05, 0) is 34.1 Å². The highest BCUT2D eigenvalue weighted by Crippen LogP contribution is 2.21. The number of halogens is 2. The third-order valence-electron chi connectivity index (χ3n) is 2.33. The van der Waals surface area contributed by atoms with Crippen molar-refractivity contribution in [3.8, 4) is 0 Å². The number of anilines is 1. The molecule has 2 rings (SSSR count). The largest absolute Gasteiger partial charge is 0.476 e. The van der Waals surface area contributed by atoms with Crippen LogP contribution in [0.4, 0.5) is 10.2 Å². The van der Waals surface area contributed by atoms with Crippen molar-refractivity contribution in [3.63, 3.8) is 0 Å². The monoisotopic (exact) mass is 375 g/mol. The zero-order valence-electron chi connectivity index (χ0n) is 10.1. The summed E-state index contributed by atoms with van der Waals surface area (Å²) in [5.41, 5.74) is -0.557. The maximum absolute atomic E-state index is 13.4. The second-order valence-electron chi connectivity index (χ2n) is 3.74. The van der Waals surface area contributed by atoms with Crippen LogP contribution in [0.2, 0.25) is 0 Å². The van der Waals surface area contributed by atoms with Crippen LogP contribution in [0.5, 0.6) is 0 Å². The minimum atomic E-state index is -4.19. The lowest BCUT2D eigenvalue weighted by molar-refractivity contribution is 0.0691. The Bertz CT molecular complexity index is 813. The summed E-state index contributed by atoms with van der Waals surface area (Å²) in [6.45, 7) is 0. The van der Waals surface area contributed by atoms with Gasteiger partial charge in [0.1, 0.15) is 5.82 Å². The van der Waals surface area contributed by atoms with E-state index in [4.69, 9.17) is 5.11 Å². The van der Waals surface area contributed by atoms with Crippen LogP contribution in [-0.4, -0.2) is 29.5 Å². The van der Waals surface area contributed by atoms with Crippen molar-refractivity contribution < 1.29 is 22.7 Å². The molecule has 0 spiro atoms. The Morgan fingerprint density at radius 3 is 2.57 bits per heavy atom. The number of nitrogens with one attached hydrogen (secondary N) is 1. The smallest absolute Gasteiger partial charge is 0.358 e. The van der Waals surface area contributed by atoms with Crippen molar-refractivity contribution in [2.24, 2.45) is 0 Å². The molecular weight excluding hydrogens is 369 g/mol. The third-order valence-corrected chi connectivity index (χ3v) is 4.31. The summed E-state index contributed by atoms with van der Waals surface area (Å²) in [4.78, 5) is 17.7. The Morgan fingerprint density at radius 1 is 1.29 bits per heavy atom. The van der Waals surface area contributed by atoms with Crippen LogP contribution in [0.25, 0.3) is 0 Å². The topological polar surface area (TPSA) is 109 Å². The SMILES string of the molecule is O=C(O)c1nccnc1NS(=O)(=O)c1ccc(Br)c(F)c1. The number of hydrogen-bond acceptors (Lipinski definition) is 5. The van der Waals surface area contributed by atoms with E-state index in [1.807, 2.05) is 4.72 Å². The van der Waals surface area contributed by atoms with Crippen molar-refractivity contribution in [1.82, 2.24) is 9.97 Å². The Hall–Kier alpha value is -2.07. The molecule has 10 heteroatoms. The molecule has 1 aromatic carbocycles. The van der Waals surface area contributed by atoms with Crippen molar-refractivity contribution in [1.29, 1.82) is 0 Å². The highest BCUT2D eigenvalue weighted by molar-refractivity contribution is 9.10. The molecule has 1 aromatic heterocycles. The predicted molar refractivity (Wildman–Crippen MR) is 73.9 cm³/mol. The number of carboxylic acids is 1. The van der Waals surface area contributed by atoms with Crippen LogP contribution in [-0.2, 0) is 10.0 Å². The van der Waals surface area contributed by atoms with Crippen LogP contribution >= 0.6 is 15.9 Å². The first-order valence-corrected chi connectivity index (χ1v) is 7.61. The number of aromatic carboxylic acids is 1. The van der Waals surface area contributed by atoms with Crippen LogP contribution < -0.4 is 4.72 Å². The molecule has 0 fully saturated rings. The van der Waals surface area contributed by atoms with Gasteiger partial charge in [-0.2, -0.15) is 0 Å². The van der Waals surface area contributed by atoms with Gasteiger partial charge in [-0.25, -0.2) is 27.6 Å². The summed E-state index contributed by atoms with van der Waals surface area (Å²) in [6.07, 6.45) is 2.24. The number of carbonyl (C=O) groups is 1. The molecular formula is C11H7BrFN3O4S. The molecule has 0 bridgehead atoms. The van der Waals surface area contributed by atoms with Gasteiger partial charge in [-0.15, -0.1) is 0 Å². The van der Waals surface area contributed by atoms with Crippen LogP contribution in [0.3, 0.4) is 0 Å². The lowest BCUT2D eigenvalue weighted by Crippen LogP contribution is -2.17. The molecule has 0 radical (unpaired) electrons. The van der Waals surface area contributed by atoms with E-state index in [2.05, 4.69) is 25.9 Å². The van der Waals surface area contributed by atoms with Gasteiger partial charge in [-0.1, -0.05) is 0 Å². The molecule has 0 aliphatic rings. The van der Waals surface area contributed by atoms with Gasteiger partial charge in [0.05, 0.1) is 9.37 Å². The zero-order chi connectivity index (χ0) is 15.6. The quantitative estimate of drug-likeness (QED) is 0.843. The Balaban J connectivity index is 2.42. The fourth-order valence-electron chi connectivity index (χ4n) is 1.40. The molecule has 0 saturated carbocycles. The van der Waals surface area contributed by atoms with Gasteiger partial charge in [0.15, 0.2) is 11.5 Å². The lowest BCUT2D eigenvalue weighted by Gasteiger charge is -2.09. The first-order valence-electron chi connectivity index (χ1n) is 5.33. The average molecular weight is 376 g/mol. The Morgan fingerprint density at radius 2 is 1.95 bits per heavy atom. The highest BCUT2D eigenvalue weighted by Gasteiger charge is 2.21. The van der Waals surface area contributed by atoms with Gasteiger partial charge in [0.25, 0.3) is 10.0 Å². The maximum atomic E-state index is 13.4. The van der Waals surface area contributed by atoms with E-state index in [9.17, 15) is 17.6 Å². The number of nitrogens with zero attached hydrogens (tertiary/aromatic N) is 2. The number of rotatable bonds is 4. The third kappa shape index (κ3) is 3.34. The van der Waals surface area contributed by atoms with Crippen molar-refractivity contribution >= 4 is 37.7 Å². The molecule has 2 N–H and O–H groups in total. The normalized spacial score (nSPS) is 11.1. The van der Waals surface area contributed by atoms with Gasteiger partial charge in [0, 0.05) is 12.4 Å². The minimum Gasteiger partial charge on any atom is -0.476 e. The fraction of sp³-hybridized carbons (Fsp3) is 0. The molecule has 0 aliphatic heterocycles. The van der Waals surface area contributed by atoms with E-state index in [1.54, 1.807) is 0 Å². The van der Waals surface area contributed by atoms with Crippen molar-refractivity contribution in [2.75, 3.05) is 4.72 Å². The van der Waals surface area contributed by atoms with Gasteiger partial charge >= 0.3 is 5.97 Å². The first-order chi connectivity index (χ1) is 9.81. The number of benzene rings is 1. The number of hydrogen-bond donors (Lipinski definition) is 2. The highest BCUT2D eigenvalue weighted by atomic mass is 79.9. The van der Waals surface area contributed by atoms with Crippen molar-refractivity contribution in [3.05, 3.63) is 46.6 Å². The molecule has 0 unspecified atom stereocenters. The average Bonchev–Trinajstić information content (AvgIpc) is 2.41. The molecule has 0 aliphatic carbocycles. The lowest BCUT2D eigenvalue weighted by atomic mass is 10.3. The van der Waals surface area contributed by atoms with Crippen LogP contribution in [0.15, 0.2) is 40.0 Å². The van der Waals surface area contributed by atoms with E-state index in [0.29, 0.717) is 0 Å². The van der Waals surface area contributed by atoms with E-state index < -0.39 is 33.3 Å². The molecule has 2 aromatic rings. The number of carboxylic acid groups (broad SMARTS) is 1. The molecule has 0 amide bonds. The van der Waals surface area contributed by atoms with E-state index in [0.717, 1.165) is 24.5 Å². The summed E-state index contributed by atoms with van der Waals surface area (Å²) in [5, 5.41) is 8.91. The molecule has 0 atom stereocenters. The van der Waals surface area contributed by atoms with Crippen LogP contribution in [0, 0.1) is 5.82 Å².